The van der Waals surface area contributed by atoms with E-state index in [1.807, 2.05) is 12.5 Å². The van der Waals surface area contributed by atoms with E-state index >= 15 is 0 Å². The van der Waals surface area contributed by atoms with Crippen LogP contribution < -0.4 is 0 Å². The van der Waals surface area contributed by atoms with Crippen LogP contribution in [0.15, 0.2) is 12.5 Å². The first kappa shape index (κ1) is 12.6. The van der Waals surface area contributed by atoms with Crippen molar-refractivity contribution in [2.75, 3.05) is 13.2 Å². The third kappa shape index (κ3) is 2.87. The van der Waals surface area contributed by atoms with Crippen LogP contribution in [-0.4, -0.2) is 38.8 Å². The normalized spacial score (nSPS) is 22.2. The van der Waals surface area contributed by atoms with Gasteiger partial charge in [0.15, 0.2) is 0 Å². The summed E-state index contributed by atoms with van der Waals surface area (Å²) >= 11 is 0. The van der Waals surface area contributed by atoms with E-state index in [4.69, 9.17) is 0 Å². The molecule has 1 fully saturated rings. The van der Waals surface area contributed by atoms with Crippen LogP contribution >= 0.6 is 0 Å². The van der Waals surface area contributed by atoms with E-state index in [0.717, 1.165) is 19.5 Å². The van der Waals surface area contributed by atoms with Gasteiger partial charge in [0.1, 0.15) is 0 Å². The first-order chi connectivity index (χ1) is 8.22. The number of aromatic nitrogens is 2. The minimum Gasteiger partial charge on any atom is -0.395 e. The van der Waals surface area contributed by atoms with Crippen molar-refractivity contribution in [2.24, 2.45) is 0 Å². The van der Waals surface area contributed by atoms with Crippen molar-refractivity contribution in [1.29, 1.82) is 0 Å². The second-order valence-electron chi connectivity index (χ2n) is 5.19. The van der Waals surface area contributed by atoms with Crippen LogP contribution in [0.3, 0.4) is 0 Å². The summed E-state index contributed by atoms with van der Waals surface area (Å²) in [6, 6.07) is 0.782. The summed E-state index contributed by atoms with van der Waals surface area (Å²) < 4.78 is 2.21. The highest BCUT2D eigenvalue weighted by Crippen LogP contribution is 2.20. The van der Waals surface area contributed by atoms with E-state index in [9.17, 15) is 5.11 Å². The van der Waals surface area contributed by atoms with E-state index < -0.39 is 0 Å². The summed E-state index contributed by atoms with van der Waals surface area (Å²) in [5.74, 6) is 0. The van der Waals surface area contributed by atoms with Crippen LogP contribution in [0.5, 0.6) is 0 Å². The molecule has 4 heteroatoms. The molecular weight excluding hydrogens is 214 g/mol. The molecule has 2 heterocycles. The lowest BCUT2D eigenvalue weighted by Crippen LogP contribution is -2.41. The number of hydrogen-bond acceptors (Lipinski definition) is 3. The summed E-state index contributed by atoms with van der Waals surface area (Å²) in [7, 11) is 0. The van der Waals surface area contributed by atoms with Gasteiger partial charge in [0.2, 0.25) is 0 Å². The molecule has 1 aromatic rings. The van der Waals surface area contributed by atoms with Crippen LogP contribution in [0.4, 0.5) is 0 Å². The van der Waals surface area contributed by atoms with Gasteiger partial charge in [0.25, 0.3) is 0 Å². The predicted octanol–water partition coefficient (Wildman–Crippen LogP) is 1.81. The van der Waals surface area contributed by atoms with Crippen molar-refractivity contribution in [1.82, 2.24) is 14.5 Å². The monoisotopic (exact) mass is 237 g/mol. The Balaban J connectivity index is 2.05. The van der Waals surface area contributed by atoms with Crippen molar-refractivity contribution >= 4 is 0 Å². The van der Waals surface area contributed by atoms with Crippen LogP contribution in [0.25, 0.3) is 0 Å². The molecule has 1 aliphatic rings. The number of aliphatic hydroxyl groups excluding tert-OH is 1. The van der Waals surface area contributed by atoms with Crippen molar-refractivity contribution in [3.63, 3.8) is 0 Å². The maximum atomic E-state index is 9.40. The minimum atomic E-state index is 0.274. The second-order valence-corrected chi connectivity index (χ2v) is 5.19. The molecule has 1 saturated heterocycles. The smallest absolute Gasteiger partial charge is 0.0951 e. The highest BCUT2D eigenvalue weighted by molar-refractivity contribution is 5.00. The largest absolute Gasteiger partial charge is 0.395 e. The van der Waals surface area contributed by atoms with Gasteiger partial charge >= 0.3 is 0 Å². The second kappa shape index (κ2) is 5.65. The zero-order valence-corrected chi connectivity index (χ0v) is 10.8. The molecule has 1 aliphatic heterocycles. The van der Waals surface area contributed by atoms with E-state index in [1.165, 1.54) is 18.5 Å². The van der Waals surface area contributed by atoms with Crippen LogP contribution in [-0.2, 0) is 6.54 Å². The molecular formula is C13H23N3O. The first-order valence-electron chi connectivity index (χ1n) is 6.58. The number of nitrogens with zero attached hydrogens (tertiary/aromatic N) is 3. The Morgan fingerprint density at radius 3 is 3.00 bits per heavy atom. The molecule has 2 rings (SSSR count). The predicted molar refractivity (Wildman–Crippen MR) is 67.7 cm³/mol. The molecule has 0 aliphatic carbocycles. The molecule has 1 unspecified atom stereocenters. The fraction of sp³-hybridized carbons (Fsp3) is 0.769. The van der Waals surface area contributed by atoms with Crippen LogP contribution in [0, 0.1) is 0 Å². The zero-order valence-electron chi connectivity index (χ0n) is 10.8. The number of likely N-dealkylation sites (tertiary alicyclic amines) is 1. The van der Waals surface area contributed by atoms with E-state index in [0.29, 0.717) is 12.1 Å². The Bertz CT molecular complexity index is 348. The first-order valence-corrected chi connectivity index (χ1v) is 6.58. The molecule has 0 bridgehead atoms. The lowest BCUT2D eigenvalue weighted by Gasteiger charge is -2.34. The molecule has 4 nitrogen and oxygen atoms in total. The van der Waals surface area contributed by atoms with E-state index in [2.05, 4.69) is 28.3 Å². The Hall–Kier alpha value is -0.870. The van der Waals surface area contributed by atoms with Crippen molar-refractivity contribution in [3.05, 3.63) is 18.2 Å². The summed E-state index contributed by atoms with van der Waals surface area (Å²) in [5.41, 5.74) is 1.25. The van der Waals surface area contributed by atoms with Gasteiger partial charge in [-0.3, -0.25) is 4.90 Å². The molecule has 1 atom stereocenters. The SMILES string of the molecule is CC(C)n1cncc1CN1CCCCC1CO. The molecule has 0 saturated carbocycles. The van der Waals surface area contributed by atoms with Gasteiger partial charge in [-0.1, -0.05) is 6.42 Å². The number of piperidine rings is 1. The number of imidazole rings is 1. The van der Waals surface area contributed by atoms with Gasteiger partial charge < -0.3 is 9.67 Å². The van der Waals surface area contributed by atoms with Crippen LogP contribution in [0.1, 0.15) is 44.8 Å². The standard InChI is InChI=1S/C13H23N3O/c1-11(2)16-10-14-7-13(16)8-15-6-4-3-5-12(15)9-17/h7,10-12,17H,3-6,8-9H2,1-2H3. The molecule has 0 amide bonds. The maximum Gasteiger partial charge on any atom is 0.0951 e. The number of hydrogen-bond donors (Lipinski definition) is 1. The Morgan fingerprint density at radius 1 is 1.47 bits per heavy atom. The van der Waals surface area contributed by atoms with Gasteiger partial charge in [0, 0.05) is 24.8 Å². The van der Waals surface area contributed by atoms with E-state index in [1.54, 1.807) is 0 Å². The Kier molecular flexibility index (Phi) is 4.18. The quantitative estimate of drug-likeness (QED) is 0.868. The average molecular weight is 237 g/mol. The summed E-state index contributed by atoms with van der Waals surface area (Å²) in [6.07, 6.45) is 7.45. The van der Waals surface area contributed by atoms with Crippen molar-refractivity contribution in [2.45, 2.75) is 51.7 Å². The highest BCUT2D eigenvalue weighted by atomic mass is 16.3. The van der Waals surface area contributed by atoms with Crippen LogP contribution in [0.2, 0.25) is 0 Å². The molecule has 1 aromatic heterocycles. The van der Waals surface area contributed by atoms with Crippen molar-refractivity contribution < 1.29 is 5.11 Å². The topological polar surface area (TPSA) is 41.3 Å². The molecule has 0 spiro atoms. The van der Waals surface area contributed by atoms with Gasteiger partial charge in [-0.15, -0.1) is 0 Å². The van der Waals surface area contributed by atoms with Gasteiger partial charge in [-0.25, -0.2) is 4.98 Å². The Morgan fingerprint density at radius 2 is 2.29 bits per heavy atom. The Labute approximate surface area is 103 Å². The molecule has 17 heavy (non-hydrogen) atoms. The average Bonchev–Trinajstić information content (AvgIpc) is 2.78. The minimum absolute atomic E-state index is 0.274. The molecule has 0 aromatic carbocycles. The number of aliphatic hydroxyl groups is 1. The fourth-order valence-corrected chi connectivity index (χ4v) is 2.60. The molecule has 1 N–H and O–H groups in total. The van der Waals surface area contributed by atoms with Crippen molar-refractivity contribution in [3.8, 4) is 0 Å². The molecule has 96 valence electrons. The van der Waals surface area contributed by atoms with Gasteiger partial charge in [-0.05, 0) is 33.2 Å². The summed E-state index contributed by atoms with van der Waals surface area (Å²) in [5, 5.41) is 9.40. The summed E-state index contributed by atoms with van der Waals surface area (Å²) in [6.45, 7) is 6.61. The van der Waals surface area contributed by atoms with E-state index in [-0.39, 0.29) is 6.61 Å². The lowest BCUT2D eigenvalue weighted by atomic mass is 10.0. The fourth-order valence-electron chi connectivity index (χ4n) is 2.60. The maximum absolute atomic E-state index is 9.40. The third-order valence-corrected chi connectivity index (χ3v) is 3.63. The zero-order chi connectivity index (χ0) is 12.3. The van der Waals surface area contributed by atoms with Gasteiger partial charge in [0.05, 0.1) is 18.6 Å². The summed E-state index contributed by atoms with van der Waals surface area (Å²) in [4.78, 5) is 6.62. The highest BCUT2D eigenvalue weighted by Gasteiger charge is 2.22. The molecule has 0 radical (unpaired) electrons. The third-order valence-electron chi connectivity index (χ3n) is 3.63. The van der Waals surface area contributed by atoms with Gasteiger partial charge in [-0.2, -0.15) is 0 Å². The lowest BCUT2D eigenvalue weighted by molar-refractivity contribution is 0.0818. The number of rotatable bonds is 4.